The molecule has 0 saturated carbocycles. The van der Waals surface area contributed by atoms with Crippen molar-refractivity contribution in [3.8, 4) is 0 Å². The van der Waals surface area contributed by atoms with E-state index in [0.717, 1.165) is 41.2 Å². The van der Waals surface area contributed by atoms with Gasteiger partial charge in [0.05, 0.1) is 18.3 Å². The Hall–Kier alpha value is -2.82. The minimum Gasteiger partial charge on any atom is -0.370 e. The molecule has 5 nitrogen and oxygen atoms in total. The number of benzene rings is 1. The maximum Gasteiger partial charge on any atom is 0.230 e. The van der Waals surface area contributed by atoms with Crippen LogP contribution in [-0.2, 0) is 11.2 Å². The van der Waals surface area contributed by atoms with Crippen LogP contribution in [-0.4, -0.2) is 29.0 Å². The van der Waals surface area contributed by atoms with Crippen LogP contribution in [0.4, 0.5) is 11.5 Å². The second-order valence-electron chi connectivity index (χ2n) is 7.16. The van der Waals surface area contributed by atoms with E-state index in [2.05, 4.69) is 27.1 Å². The number of aromatic nitrogens is 2. The Labute approximate surface area is 153 Å². The highest BCUT2D eigenvalue weighted by atomic mass is 16.1. The molecule has 0 aliphatic carbocycles. The predicted molar refractivity (Wildman–Crippen MR) is 105 cm³/mol. The summed E-state index contributed by atoms with van der Waals surface area (Å²) in [5.41, 5.74) is 3.18. The largest absolute Gasteiger partial charge is 0.370 e. The van der Waals surface area contributed by atoms with Crippen molar-refractivity contribution < 1.29 is 4.79 Å². The average Bonchev–Trinajstić information content (AvgIpc) is 3.06. The summed E-state index contributed by atoms with van der Waals surface area (Å²) < 4.78 is 0. The van der Waals surface area contributed by atoms with E-state index >= 15 is 0 Å². The van der Waals surface area contributed by atoms with Crippen LogP contribution in [0.1, 0.15) is 25.3 Å². The molecule has 1 aliphatic rings. The summed E-state index contributed by atoms with van der Waals surface area (Å²) in [7, 11) is 0. The number of amides is 1. The Kier molecular flexibility index (Phi) is 4.61. The van der Waals surface area contributed by atoms with Crippen molar-refractivity contribution in [3.05, 3.63) is 54.4 Å². The molecule has 2 N–H and O–H groups in total. The highest BCUT2D eigenvalue weighted by Gasteiger charge is 2.16. The van der Waals surface area contributed by atoms with Gasteiger partial charge in [0, 0.05) is 30.2 Å². The number of para-hydroxylation sites is 1. The second-order valence-corrected chi connectivity index (χ2v) is 7.16. The van der Waals surface area contributed by atoms with E-state index in [-0.39, 0.29) is 5.91 Å². The average molecular weight is 348 g/mol. The van der Waals surface area contributed by atoms with E-state index in [9.17, 15) is 4.79 Å². The number of anilines is 2. The Morgan fingerprint density at radius 1 is 1.23 bits per heavy atom. The first-order valence-corrected chi connectivity index (χ1v) is 9.25. The number of H-pyrrole nitrogens is 1. The summed E-state index contributed by atoms with van der Waals surface area (Å²) in [5.74, 6) is 1.35. The molecule has 2 aromatic heterocycles. The summed E-state index contributed by atoms with van der Waals surface area (Å²) in [5, 5.41) is 3.99. The molecule has 3 heterocycles. The SMILES string of the molecule is CC1CCN(c2ccc(NC(=O)Cc3c[nH]c4ccccc34)nc2)CC1. The molecule has 1 amide bonds. The minimum absolute atomic E-state index is 0.0539. The third kappa shape index (κ3) is 3.57. The van der Waals surface area contributed by atoms with E-state index < -0.39 is 0 Å². The number of nitrogens with one attached hydrogen (secondary N) is 2. The summed E-state index contributed by atoms with van der Waals surface area (Å²) in [6.07, 6.45) is 6.54. The molecule has 4 rings (SSSR count). The minimum atomic E-state index is -0.0539. The van der Waals surface area contributed by atoms with Crippen LogP contribution in [0.15, 0.2) is 48.8 Å². The van der Waals surface area contributed by atoms with Crippen molar-refractivity contribution in [2.24, 2.45) is 5.92 Å². The standard InChI is InChI=1S/C21H24N4O/c1-15-8-10-25(11-9-15)17-6-7-20(23-14-17)24-21(26)12-16-13-22-19-5-3-2-4-18(16)19/h2-7,13-15,22H,8-12H2,1H3,(H,23,24,26). The van der Waals surface area contributed by atoms with Crippen LogP contribution >= 0.6 is 0 Å². The van der Waals surface area contributed by atoms with Crippen molar-refractivity contribution in [2.45, 2.75) is 26.2 Å². The Morgan fingerprint density at radius 2 is 2.04 bits per heavy atom. The van der Waals surface area contributed by atoms with Gasteiger partial charge in [-0.15, -0.1) is 0 Å². The molecule has 26 heavy (non-hydrogen) atoms. The molecular formula is C21H24N4O. The zero-order chi connectivity index (χ0) is 17.9. The Morgan fingerprint density at radius 3 is 2.81 bits per heavy atom. The van der Waals surface area contributed by atoms with Crippen LogP contribution in [0, 0.1) is 5.92 Å². The molecule has 0 unspecified atom stereocenters. The van der Waals surface area contributed by atoms with E-state index in [1.165, 1.54) is 12.8 Å². The zero-order valence-electron chi connectivity index (χ0n) is 15.0. The number of pyridine rings is 1. The molecule has 0 radical (unpaired) electrons. The number of aromatic amines is 1. The quantitative estimate of drug-likeness (QED) is 0.750. The fourth-order valence-corrected chi connectivity index (χ4v) is 3.55. The topological polar surface area (TPSA) is 61.0 Å². The lowest BCUT2D eigenvalue weighted by atomic mass is 9.99. The van der Waals surface area contributed by atoms with Crippen LogP contribution < -0.4 is 10.2 Å². The van der Waals surface area contributed by atoms with Crippen molar-refractivity contribution >= 4 is 28.3 Å². The Bertz CT molecular complexity index is 892. The smallest absolute Gasteiger partial charge is 0.230 e. The van der Waals surface area contributed by atoms with E-state index in [1.54, 1.807) is 0 Å². The van der Waals surface area contributed by atoms with Gasteiger partial charge in [-0.3, -0.25) is 4.79 Å². The van der Waals surface area contributed by atoms with Gasteiger partial charge in [-0.2, -0.15) is 0 Å². The molecule has 0 bridgehead atoms. The third-order valence-corrected chi connectivity index (χ3v) is 5.19. The van der Waals surface area contributed by atoms with Crippen molar-refractivity contribution in [1.29, 1.82) is 0 Å². The summed E-state index contributed by atoms with van der Waals surface area (Å²) in [6.45, 7) is 4.46. The molecule has 3 aromatic rings. The lowest BCUT2D eigenvalue weighted by molar-refractivity contribution is -0.115. The molecule has 1 aromatic carbocycles. The maximum absolute atomic E-state index is 12.4. The number of hydrogen-bond acceptors (Lipinski definition) is 3. The van der Waals surface area contributed by atoms with Crippen molar-refractivity contribution in [2.75, 3.05) is 23.3 Å². The number of carbonyl (C=O) groups is 1. The highest BCUT2D eigenvalue weighted by Crippen LogP contribution is 2.23. The predicted octanol–water partition coefficient (Wildman–Crippen LogP) is 3.98. The summed E-state index contributed by atoms with van der Waals surface area (Å²) >= 11 is 0. The fourth-order valence-electron chi connectivity index (χ4n) is 3.55. The normalized spacial score (nSPS) is 15.3. The molecular weight excluding hydrogens is 324 g/mol. The number of piperidine rings is 1. The van der Waals surface area contributed by atoms with E-state index in [4.69, 9.17) is 0 Å². The van der Waals surface area contributed by atoms with Gasteiger partial charge in [0.1, 0.15) is 5.82 Å². The maximum atomic E-state index is 12.4. The molecule has 0 atom stereocenters. The zero-order valence-corrected chi connectivity index (χ0v) is 15.0. The van der Waals surface area contributed by atoms with Crippen LogP contribution in [0.25, 0.3) is 10.9 Å². The van der Waals surface area contributed by atoms with Gasteiger partial charge in [0.15, 0.2) is 0 Å². The van der Waals surface area contributed by atoms with Crippen molar-refractivity contribution in [1.82, 2.24) is 9.97 Å². The van der Waals surface area contributed by atoms with Crippen molar-refractivity contribution in [3.63, 3.8) is 0 Å². The number of fused-ring (bicyclic) bond motifs is 1. The van der Waals surface area contributed by atoms with Gasteiger partial charge in [0.2, 0.25) is 5.91 Å². The molecule has 0 spiro atoms. The second kappa shape index (κ2) is 7.20. The first-order chi connectivity index (χ1) is 12.7. The fraction of sp³-hybridized carbons (Fsp3) is 0.333. The molecule has 134 valence electrons. The summed E-state index contributed by atoms with van der Waals surface area (Å²) in [4.78, 5) is 22.4. The highest BCUT2D eigenvalue weighted by molar-refractivity contribution is 5.95. The van der Waals surface area contributed by atoms with Gasteiger partial charge < -0.3 is 15.2 Å². The number of hydrogen-bond donors (Lipinski definition) is 2. The monoisotopic (exact) mass is 348 g/mol. The number of nitrogens with zero attached hydrogens (tertiary/aromatic N) is 2. The van der Waals surface area contributed by atoms with Crippen LogP contribution in [0.3, 0.4) is 0 Å². The third-order valence-electron chi connectivity index (χ3n) is 5.19. The molecule has 1 saturated heterocycles. The number of rotatable bonds is 4. The van der Waals surface area contributed by atoms with Gasteiger partial charge in [-0.05, 0) is 42.5 Å². The van der Waals surface area contributed by atoms with Crippen LogP contribution in [0.5, 0.6) is 0 Å². The van der Waals surface area contributed by atoms with E-state index in [1.807, 2.05) is 48.8 Å². The van der Waals surface area contributed by atoms with Gasteiger partial charge >= 0.3 is 0 Å². The summed E-state index contributed by atoms with van der Waals surface area (Å²) in [6, 6.07) is 11.9. The van der Waals surface area contributed by atoms with E-state index in [0.29, 0.717) is 12.2 Å². The lowest BCUT2D eigenvalue weighted by Gasteiger charge is -2.31. The molecule has 5 heteroatoms. The van der Waals surface area contributed by atoms with Gasteiger partial charge in [-0.1, -0.05) is 25.1 Å². The van der Waals surface area contributed by atoms with Gasteiger partial charge in [0.25, 0.3) is 0 Å². The Balaban J connectivity index is 1.38. The van der Waals surface area contributed by atoms with Gasteiger partial charge in [-0.25, -0.2) is 4.98 Å². The van der Waals surface area contributed by atoms with Crippen LogP contribution in [0.2, 0.25) is 0 Å². The first-order valence-electron chi connectivity index (χ1n) is 9.25. The molecule has 1 aliphatic heterocycles. The number of carbonyl (C=O) groups excluding carboxylic acids is 1. The lowest BCUT2D eigenvalue weighted by Crippen LogP contribution is -2.32. The molecule has 1 fully saturated rings. The first kappa shape index (κ1) is 16.6.